The van der Waals surface area contributed by atoms with Crippen LogP contribution in [0, 0.1) is 13.8 Å². The number of halogens is 1. The highest BCUT2D eigenvalue weighted by Crippen LogP contribution is 2.40. The van der Waals surface area contributed by atoms with Gasteiger partial charge < -0.3 is 9.72 Å². The van der Waals surface area contributed by atoms with Crippen LogP contribution in [-0.2, 0) is 0 Å². The SMILES string of the molecule is COc1cc(-c2c(C)ncc3c(Cl)c[nH]c23)c(C)s1. The van der Waals surface area contributed by atoms with Crippen molar-refractivity contribution in [1.82, 2.24) is 9.97 Å². The van der Waals surface area contributed by atoms with Gasteiger partial charge in [-0.2, -0.15) is 0 Å². The van der Waals surface area contributed by atoms with Gasteiger partial charge in [0.1, 0.15) is 0 Å². The first-order valence-electron chi connectivity index (χ1n) is 5.88. The molecule has 3 aromatic heterocycles. The zero-order chi connectivity index (χ0) is 13.6. The minimum Gasteiger partial charge on any atom is -0.487 e. The van der Waals surface area contributed by atoms with Gasteiger partial charge in [-0.3, -0.25) is 4.98 Å². The van der Waals surface area contributed by atoms with Gasteiger partial charge in [-0.25, -0.2) is 0 Å². The molecule has 3 heterocycles. The van der Waals surface area contributed by atoms with Crippen LogP contribution >= 0.6 is 22.9 Å². The fraction of sp³-hybridized carbons (Fsp3) is 0.214. The molecule has 19 heavy (non-hydrogen) atoms. The lowest BCUT2D eigenvalue weighted by molar-refractivity contribution is 0.427. The second-order valence-corrected chi connectivity index (χ2v) is 6.01. The molecule has 3 aromatic rings. The van der Waals surface area contributed by atoms with Gasteiger partial charge in [0.15, 0.2) is 5.06 Å². The van der Waals surface area contributed by atoms with E-state index in [-0.39, 0.29) is 0 Å². The van der Waals surface area contributed by atoms with Crippen LogP contribution in [0.2, 0.25) is 5.02 Å². The molecule has 0 amide bonds. The molecule has 0 radical (unpaired) electrons. The van der Waals surface area contributed by atoms with Gasteiger partial charge in [-0.15, -0.1) is 11.3 Å². The number of hydrogen-bond donors (Lipinski definition) is 1. The summed E-state index contributed by atoms with van der Waals surface area (Å²) in [6.45, 7) is 4.10. The molecule has 0 saturated carbocycles. The zero-order valence-electron chi connectivity index (χ0n) is 10.9. The fourth-order valence-electron chi connectivity index (χ4n) is 2.28. The van der Waals surface area contributed by atoms with E-state index in [0.29, 0.717) is 5.02 Å². The minimum atomic E-state index is 0.698. The second-order valence-electron chi connectivity index (χ2n) is 4.38. The highest BCUT2D eigenvalue weighted by atomic mass is 35.5. The maximum atomic E-state index is 6.16. The summed E-state index contributed by atoms with van der Waals surface area (Å²) in [7, 11) is 1.69. The molecule has 1 N–H and O–H groups in total. The van der Waals surface area contributed by atoms with E-state index in [9.17, 15) is 0 Å². The van der Waals surface area contributed by atoms with Crippen molar-refractivity contribution < 1.29 is 4.74 Å². The molecule has 3 nitrogen and oxygen atoms in total. The molecule has 0 unspecified atom stereocenters. The Hall–Kier alpha value is -1.52. The minimum absolute atomic E-state index is 0.698. The van der Waals surface area contributed by atoms with Crippen molar-refractivity contribution in [3.8, 4) is 16.2 Å². The molecule has 0 bridgehead atoms. The highest BCUT2D eigenvalue weighted by Gasteiger charge is 2.16. The van der Waals surface area contributed by atoms with Crippen LogP contribution in [0.1, 0.15) is 10.6 Å². The lowest BCUT2D eigenvalue weighted by Gasteiger charge is -2.06. The van der Waals surface area contributed by atoms with E-state index in [1.54, 1.807) is 24.6 Å². The second kappa shape index (κ2) is 4.54. The van der Waals surface area contributed by atoms with Crippen molar-refractivity contribution in [2.24, 2.45) is 0 Å². The number of aromatic amines is 1. The lowest BCUT2D eigenvalue weighted by Crippen LogP contribution is -1.89. The number of nitrogens with one attached hydrogen (secondary N) is 1. The Labute approximate surface area is 120 Å². The molecule has 0 aliphatic carbocycles. The molecule has 3 rings (SSSR count). The third-order valence-corrected chi connectivity index (χ3v) is 4.56. The van der Waals surface area contributed by atoms with Gasteiger partial charge in [0.25, 0.3) is 0 Å². The molecule has 0 atom stereocenters. The number of methoxy groups -OCH3 is 1. The molecule has 0 saturated heterocycles. The normalized spacial score (nSPS) is 11.2. The van der Waals surface area contributed by atoms with E-state index in [4.69, 9.17) is 16.3 Å². The summed E-state index contributed by atoms with van der Waals surface area (Å²) in [6.07, 6.45) is 3.61. The average Bonchev–Trinajstić information content (AvgIpc) is 2.94. The van der Waals surface area contributed by atoms with Gasteiger partial charge in [0, 0.05) is 39.5 Å². The van der Waals surface area contributed by atoms with E-state index < -0.39 is 0 Å². The number of nitrogens with zero attached hydrogens (tertiary/aromatic N) is 1. The van der Waals surface area contributed by atoms with Crippen LogP contribution in [0.4, 0.5) is 0 Å². The number of ether oxygens (including phenoxy) is 1. The quantitative estimate of drug-likeness (QED) is 0.751. The van der Waals surface area contributed by atoms with E-state index in [1.165, 1.54) is 4.88 Å². The van der Waals surface area contributed by atoms with Crippen molar-refractivity contribution in [1.29, 1.82) is 0 Å². The van der Waals surface area contributed by atoms with Crippen molar-refractivity contribution in [3.05, 3.63) is 34.1 Å². The van der Waals surface area contributed by atoms with Gasteiger partial charge in [0.2, 0.25) is 0 Å². The molecular weight excluding hydrogens is 280 g/mol. The molecule has 5 heteroatoms. The molecule has 0 spiro atoms. The zero-order valence-corrected chi connectivity index (χ0v) is 12.4. The lowest BCUT2D eigenvalue weighted by atomic mass is 10.0. The van der Waals surface area contributed by atoms with Crippen LogP contribution in [-0.4, -0.2) is 17.1 Å². The number of aromatic nitrogens is 2. The molecule has 0 aliphatic rings. The number of hydrogen-bond acceptors (Lipinski definition) is 3. The molecular formula is C14H13ClN2OS. The largest absolute Gasteiger partial charge is 0.487 e. The first kappa shape index (κ1) is 12.5. The van der Waals surface area contributed by atoms with Crippen molar-refractivity contribution in [3.63, 3.8) is 0 Å². The third kappa shape index (κ3) is 1.91. The number of thiophene rings is 1. The van der Waals surface area contributed by atoms with Gasteiger partial charge >= 0.3 is 0 Å². The van der Waals surface area contributed by atoms with Gasteiger partial charge in [-0.05, 0) is 19.9 Å². The van der Waals surface area contributed by atoms with Crippen molar-refractivity contribution in [2.75, 3.05) is 7.11 Å². The predicted octanol–water partition coefficient (Wildman–Crippen LogP) is 4.57. The number of H-pyrrole nitrogens is 1. The van der Waals surface area contributed by atoms with Crippen molar-refractivity contribution >= 4 is 33.8 Å². The first-order valence-corrected chi connectivity index (χ1v) is 7.08. The summed E-state index contributed by atoms with van der Waals surface area (Å²) >= 11 is 7.80. The van der Waals surface area contributed by atoms with Crippen LogP contribution in [0.3, 0.4) is 0 Å². The monoisotopic (exact) mass is 292 g/mol. The topological polar surface area (TPSA) is 37.9 Å². The van der Waals surface area contributed by atoms with E-state index in [1.807, 2.05) is 13.1 Å². The Balaban J connectivity index is 2.34. The summed E-state index contributed by atoms with van der Waals surface area (Å²) in [5.41, 5.74) is 4.26. The van der Waals surface area contributed by atoms with Crippen LogP contribution in [0.25, 0.3) is 22.0 Å². The van der Waals surface area contributed by atoms with Crippen LogP contribution < -0.4 is 4.74 Å². The van der Waals surface area contributed by atoms with Gasteiger partial charge in [0.05, 0.1) is 17.6 Å². The molecule has 98 valence electrons. The summed E-state index contributed by atoms with van der Waals surface area (Å²) in [4.78, 5) is 8.90. The van der Waals surface area contributed by atoms with Crippen LogP contribution in [0.15, 0.2) is 18.5 Å². The molecule has 0 aliphatic heterocycles. The summed E-state index contributed by atoms with van der Waals surface area (Å²) in [6, 6.07) is 2.05. The Bertz CT molecular complexity index is 760. The van der Waals surface area contributed by atoms with E-state index in [2.05, 4.69) is 23.0 Å². The van der Waals surface area contributed by atoms with Crippen LogP contribution in [0.5, 0.6) is 5.06 Å². The molecule has 0 aromatic carbocycles. The summed E-state index contributed by atoms with van der Waals surface area (Å²) < 4.78 is 5.32. The number of fused-ring (bicyclic) bond motifs is 1. The third-order valence-electron chi connectivity index (χ3n) is 3.23. The smallest absolute Gasteiger partial charge is 0.174 e. The Morgan fingerprint density at radius 3 is 2.84 bits per heavy atom. The maximum Gasteiger partial charge on any atom is 0.174 e. The predicted molar refractivity (Wildman–Crippen MR) is 80.4 cm³/mol. The number of aryl methyl sites for hydroxylation is 2. The average molecular weight is 293 g/mol. The Morgan fingerprint density at radius 1 is 1.37 bits per heavy atom. The Morgan fingerprint density at radius 2 is 2.16 bits per heavy atom. The van der Waals surface area contributed by atoms with E-state index in [0.717, 1.165) is 32.8 Å². The number of rotatable bonds is 2. The highest BCUT2D eigenvalue weighted by molar-refractivity contribution is 7.14. The maximum absolute atomic E-state index is 6.16. The van der Waals surface area contributed by atoms with Gasteiger partial charge in [-0.1, -0.05) is 11.6 Å². The summed E-state index contributed by atoms with van der Waals surface area (Å²) in [5.74, 6) is 0. The summed E-state index contributed by atoms with van der Waals surface area (Å²) in [5, 5.41) is 2.55. The van der Waals surface area contributed by atoms with E-state index >= 15 is 0 Å². The standard InChI is InChI=1S/C14H13ClN2OS/c1-7-13(9-4-12(18-3)19-8(9)2)14-10(5-16-7)11(15)6-17-14/h4-6,17H,1-3H3. The molecule has 0 fully saturated rings. The Kier molecular flexibility index (Phi) is 2.99. The first-order chi connectivity index (χ1) is 9.11. The fourth-order valence-corrected chi connectivity index (χ4v) is 3.31. The van der Waals surface area contributed by atoms with Crippen molar-refractivity contribution in [2.45, 2.75) is 13.8 Å². The number of pyridine rings is 1.